The minimum absolute atomic E-state index is 0.0505. The van der Waals surface area contributed by atoms with Crippen molar-refractivity contribution in [2.24, 2.45) is 10.2 Å². The number of esters is 2. The van der Waals surface area contributed by atoms with Gasteiger partial charge in [-0.25, -0.2) is 9.59 Å². The van der Waals surface area contributed by atoms with Crippen molar-refractivity contribution < 1.29 is 19.1 Å². The zero-order chi connectivity index (χ0) is 20.4. The zero-order valence-corrected chi connectivity index (χ0v) is 16.0. The monoisotopic (exact) mass is 386 g/mol. The molecule has 1 heterocycles. The summed E-state index contributed by atoms with van der Waals surface area (Å²) in [6.07, 6.45) is 3.81. The van der Waals surface area contributed by atoms with Crippen LogP contribution in [0.15, 0.2) is 94.3 Å². The molecule has 4 rings (SSSR count). The van der Waals surface area contributed by atoms with E-state index in [-0.39, 0.29) is 11.3 Å². The van der Waals surface area contributed by atoms with Gasteiger partial charge in [-0.2, -0.15) is 5.11 Å². The number of carbonyl (C=O) groups is 2. The number of carbonyl (C=O) groups excluding carboxylic acids is 2. The number of allylic oxidation sites excluding steroid dienone is 2. The van der Waals surface area contributed by atoms with Gasteiger partial charge in [-0.15, -0.1) is 5.11 Å². The van der Waals surface area contributed by atoms with Gasteiger partial charge in [0.1, 0.15) is 5.57 Å². The van der Waals surface area contributed by atoms with Crippen LogP contribution in [0.1, 0.15) is 11.1 Å². The fourth-order valence-electron chi connectivity index (χ4n) is 3.76. The van der Waals surface area contributed by atoms with Gasteiger partial charge in [0.05, 0.1) is 14.2 Å². The summed E-state index contributed by atoms with van der Waals surface area (Å²) in [6, 6.07) is 19.1. The van der Waals surface area contributed by atoms with Crippen LogP contribution >= 0.6 is 0 Å². The van der Waals surface area contributed by atoms with Crippen LogP contribution in [-0.2, 0) is 19.1 Å². The highest BCUT2D eigenvalue weighted by molar-refractivity contribution is 6.13. The van der Waals surface area contributed by atoms with Crippen molar-refractivity contribution in [1.82, 2.24) is 0 Å². The molecule has 6 nitrogen and oxygen atoms in total. The van der Waals surface area contributed by atoms with E-state index in [4.69, 9.17) is 9.47 Å². The lowest BCUT2D eigenvalue weighted by Gasteiger charge is -2.29. The number of nitrogens with zero attached hydrogens (tertiary/aromatic N) is 2. The lowest BCUT2D eigenvalue weighted by Crippen LogP contribution is -2.34. The molecule has 0 N–H and O–H groups in total. The molecule has 0 saturated heterocycles. The van der Waals surface area contributed by atoms with Crippen LogP contribution in [0.2, 0.25) is 0 Å². The molecule has 0 fully saturated rings. The number of hydrogen-bond acceptors (Lipinski definition) is 6. The Morgan fingerprint density at radius 1 is 0.759 bits per heavy atom. The first-order valence-electron chi connectivity index (χ1n) is 9.01. The van der Waals surface area contributed by atoms with Crippen molar-refractivity contribution >= 4 is 23.1 Å². The topological polar surface area (TPSA) is 77.3 Å². The van der Waals surface area contributed by atoms with Gasteiger partial charge in [0, 0.05) is 0 Å². The molecule has 1 aliphatic carbocycles. The van der Waals surface area contributed by atoms with Gasteiger partial charge in [-0.1, -0.05) is 72.8 Å². The Morgan fingerprint density at radius 2 is 1.24 bits per heavy atom. The summed E-state index contributed by atoms with van der Waals surface area (Å²) in [6.45, 7) is 0. The summed E-state index contributed by atoms with van der Waals surface area (Å²) >= 11 is 0. The summed E-state index contributed by atoms with van der Waals surface area (Å²) in [7, 11) is 2.50. The van der Waals surface area contributed by atoms with Gasteiger partial charge < -0.3 is 9.47 Å². The predicted molar refractivity (Wildman–Crippen MR) is 107 cm³/mol. The van der Waals surface area contributed by atoms with E-state index in [2.05, 4.69) is 10.2 Å². The predicted octanol–water partition coefficient (Wildman–Crippen LogP) is 3.97. The van der Waals surface area contributed by atoms with Crippen LogP contribution in [0.5, 0.6) is 0 Å². The highest BCUT2D eigenvalue weighted by Gasteiger charge is 2.54. The Bertz CT molecular complexity index is 1040. The Labute approximate surface area is 167 Å². The van der Waals surface area contributed by atoms with Gasteiger partial charge >= 0.3 is 11.9 Å². The van der Waals surface area contributed by atoms with Crippen molar-refractivity contribution in [3.05, 3.63) is 95.2 Å². The molecular weight excluding hydrogens is 368 g/mol. The Morgan fingerprint density at radius 3 is 1.69 bits per heavy atom. The summed E-state index contributed by atoms with van der Waals surface area (Å²) in [5.74, 6) is -1.42. The maximum absolute atomic E-state index is 12.9. The Kier molecular flexibility index (Phi) is 4.68. The van der Waals surface area contributed by atoms with E-state index >= 15 is 0 Å². The number of methoxy groups -OCH3 is 2. The average molecular weight is 386 g/mol. The van der Waals surface area contributed by atoms with Gasteiger partial charge in [-0.05, 0) is 22.3 Å². The first kappa shape index (κ1) is 18.6. The standard InChI is InChI=1S/C23H18N2O4/c1-28-21(26)19-20(22(27)29-2)24-25-23(19)17(15-9-5-3-6-10-15)13-14-18(23)16-11-7-4-8-12-16/h3-14H,1-2H3. The van der Waals surface area contributed by atoms with Crippen molar-refractivity contribution in [2.75, 3.05) is 14.2 Å². The van der Waals surface area contributed by atoms with E-state index in [0.717, 1.165) is 22.3 Å². The SMILES string of the molecule is COC(=O)C1=C(C(=O)OC)C2(N=N1)C(c1ccccc1)=CC=C2c1ccccc1. The first-order chi connectivity index (χ1) is 14.1. The van der Waals surface area contributed by atoms with E-state index in [1.807, 2.05) is 72.8 Å². The molecule has 0 amide bonds. The van der Waals surface area contributed by atoms with Gasteiger partial charge in [0.2, 0.25) is 0 Å². The Balaban J connectivity index is 2.00. The molecule has 2 aromatic carbocycles. The smallest absolute Gasteiger partial charge is 0.359 e. The lowest BCUT2D eigenvalue weighted by molar-refractivity contribution is -0.139. The van der Waals surface area contributed by atoms with Crippen LogP contribution in [0.4, 0.5) is 0 Å². The highest BCUT2D eigenvalue weighted by Crippen LogP contribution is 2.54. The number of hydrogen-bond donors (Lipinski definition) is 0. The molecular formula is C23H18N2O4. The average Bonchev–Trinajstić information content (AvgIpc) is 3.36. The van der Waals surface area contributed by atoms with Crippen molar-refractivity contribution in [2.45, 2.75) is 5.54 Å². The van der Waals surface area contributed by atoms with E-state index < -0.39 is 17.5 Å². The second kappa shape index (κ2) is 7.31. The summed E-state index contributed by atoms with van der Waals surface area (Å²) in [5.41, 5.74) is 1.81. The van der Waals surface area contributed by atoms with Crippen LogP contribution in [0, 0.1) is 0 Å². The van der Waals surface area contributed by atoms with Gasteiger partial charge in [-0.3, -0.25) is 0 Å². The molecule has 2 aliphatic rings. The molecule has 1 spiro atoms. The van der Waals surface area contributed by atoms with Crippen molar-refractivity contribution in [1.29, 1.82) is 0 Å². The zero-order valence-electron chi connectivity index (χ0n) is 16.0. The fraction of sp³-hybridized carbons (Fsp3) is 0.130. The fourth-order valence-corrected chi connectivity index (χ4v) is 3.76. The van der Waals surface area contributed by atoms with Gasteiger partial charge in [0.25, 0.3) is 0 Å². The van der Waals surface area contributed by atoms with E-state index in [1.165, 1.54) is 14.2 Å². The normalized spacial score (nSPS) is 16.6. The first-order valence-corrected chi connectivity index (χ1v) is 9.01. The quantitative estimate of drug-likeness (QED) is 0.745. The third-order valence-electron chi connectivity index (χ3n) is 5.03. The second-order valence-electron chi connectivity index (χ2n) is 6.51. The summed E-state index contributed by atoms with van der Waals surface area (Å²) < 4.78 is 9.88. The van der Waals surface area contributed by atoms with Crippen LogP contribution in [0.3, 0.4) is 0 Å². The molecule has 6 heteroatoms. The number of ether oxygens (including phenoxy) is 2. The van der Waals surface area contributed by atoms with Crippen molar-refractivity contribution in [3.8, 4) is 0 Å². The van der Waals surface area contributed by atoms with Gasteiger partial charge in [0.15, 0.2) is 11.2 Å². The molecule has 144 valence electrons. The maximum atomic E-state index is 12.9. The Hall–Kier alpha value is -3.80. The number of benzene rings is 2. The highest BCUT2D eigenvalue weighted by atomic mass is 16.5. The molecule has 0 unspecified atom stereocenters. The molecule has 1 aliphatic heterocycles. The van der Waals surface area contributed by atoms with Crippen molar-refractivity contribution in [3.63, 3.8) is 0 Å². The lowest BCUT2D eigenvalue weighted by atomic mass is 9.74. The number of azo groups is 1. The minimum Gasteiger partial charge on any atom is -0.466 e. The molecule has 0 aromatic heterocycles. The van der Waals surface area contributed by atoms with E-state index in [0.29, 0.717) is 0 Å². The maximum Gasteiger partial charge on any atom is 0.359 e. The van der Waals surface area contributed by atoms with Crippen LogP contribution in [0.25, 0.3) is 11.1 Å². The molecule has 0 bridgehead atoms. The van der Waals surface area contributed by atoms with Crippen LogP contribution < -0.4 is 0 Å². The third-order valence-corrected chi connectivity index (χ3v) is 5.03. The molecule has 2 aromatic rings. The molecule has 0 saturated carbocycles. The molecule has 29 heavy (non-hydrogen) atoms. The van der Waals surface area contributed by atoms with Crippen LogP contribution in [-0.4, -0.2) is 31.7 Å². The molecule has 0 radical (unpaired) electrons. The molecule has 0 atom stereocenters. The largest absolute Gasteiger partial charge is 0.466 e. The van der Waals surface area contributed by atoms with E-state index in [1.54, 1.807) is 0 Å². The summed E-state index contributed by atoms with van der Waals surface area (Å²) in [5, 5.41) is 8.59. The second-order valence-corrected chi connectivity index (χ2v) is 6.51. The minimum atomic E-state index is -1.29. The number of rotatable bonds is 4. The summed E-state index contributed by atoms with van der Waals surface area (Å²) in [4.78, 5) is 25.3. The van der Waals surface area contributed by atoms with E-state index in [9.17, 15) is 9.59 Å². The third kappa shape index (κ3) is 2.81.